The predicted molar refractivity (Wildman–Crippen MR) is 67.3 cm³/mol. The van der Waals surface area contributed by atoms with Gasteiger partial charge in [0.2, 0.25) is 0 Å². The van der Waals surface area contributed by atoms with Gasteiger partial charge in [0, 0.05) is 23.6 Å². The van der Waals surface area contributed by atoms with E-state index in [-0.39, 0.29) is 6.61 Å². The van der Waals surface area contributed by atoms with E-state index in [9.17, 15) is 4.79 Å². The first kappa shape index (κ1) is 12.4. The molecule has 0 aliphatic carbocycles. The highest BCUT2D eigenvalue weighted by Crippen LogP contribution is 2.24. The van der Waals surface area contributed by atoms with Crippen LogP contribution in [0.3, 0.4) is 0 Å². The molecule has 0 bridgehead atoms. The first-order valence-corrected chi connectivity index (χ1v) is 5.59. The highest BCUT2D eigenvalue weighted by molar-refractivity contribution is 5.84. The van der Waals surface area contributed by atoms with Crippen molar-refractivity contribution in [2.45, 2.75) is 6.42 Å². The lowest BCUT2D eigenvalue weighted by molar-refractivity contribution is -0.139. The fraction of sp³-hybridized carbons (Fsp3) is 0.250. The van der Waals surface area contributed by atoms with Gasteiger partial charge in [0.05, 0.1) is 0 Å². The minimum absolute atomic E-state index is 0.338. The predicted octanol–water partition coefficient (Wildman–Crippen LogP) is 0.637. The summed E-state index contributed by atoms with van der Waals surface area (Å²) in [6.07, 6.45) is 2.71. The van der Waals surface area contributed by atoms with E-state index in [1.807, 2.05) is 18.3 Å². The van der Waals surface area contributed by atoms with E-state index in [0.717, 1.165) is 22.9 Å². The van der Waals surface area contributed by atoms with Gasteiger partial charge in [0.25, 0.3) is 0 Å². The monoisotopic (exact) mass is 249 g/mol. The van der Waals surface area contributed by atoms with Crippen molar-refractivity contribution in [3.05, 3.63) is 30.0 Å². The molecule has 0 saturated carbocycles. The fourth-order valence-corrected chi connectivity index (χ4v) is 1.81. The summed E-state index contributed by atoms with van der Waals surface area (Å²) in [5.74, 6) is 4.81. The lowest BCUT2D eigenvalue weighted by Crippen LogP contribution is -2.24. The molecular weight excluding hydrogens is 234 g/mol. The maximum atomic E-state index is 10.4. The second-order valence-electron chi connectivity index (χ2n) is 3.91. The quantitative estimate of drug-likeness (QED) is 0.444. The Labute approximate surface area is 104 Å². The van der Waals surface area contributed by atoms with Crippen molar-refractivity contribution in [3.8, 4) is 5.75 Å². The van der Waals surface area contributed by atoms with Crippen LogP contribution in [0.2, 0.25) is 0 Å². The van der Waals surface area contributed by atoms with Crippen LogP contribution in [0.4, 0.5) is 0 Å². The van der Waals surface area contributed by atoms with Gasteiger partial charge in [-0.05, 0) is 30.2 Å². The smallest absolute Gasteiger partial charge is 0.341 e. The van der Waals surface area contributed by atoms with Crippen molar-refractivity contribution < 1.29 is 14.6 Å². The Morgan fingerprint density at radius 2 is 2.33 bits per heavy atom. The van der Waals surface area contributed by atoms with Crippen LogP contribution in [0.15, 0.2) is 24.4 Å². The number of nitrogens with two attached hydrogens (primary N) is 1. The molecule has 1 aromatic carbocycles. The molecule has 0 saturated heterocycles. The van der Waals surface area contributed by atoms with E-state index in [1.54, 1.807) is 6.07 Å². The Hall–Kier alpha value is -2.05. The Kier molecular flexibility index (Phi) is 3.81. The molecule has 0 aliphatic rings. The standard InChI is InChI=1S/C12H15N3O3/c13-15-4-3-8-6-14-11-2-1-9(5-10(8)11)18-7-12(16)17/h1-2,5-6,14-15H,3-4,7,13H2,(H,16,17). The largest absolute Gasteiger partial charge is 0.482 e. The summed E-state index contributed by atoms with van der Waals surface area (Å²) in [6.45, 7) is 0.336. The van der Waals surface area contributed by atoms with Crippen LogP contribution < -0.4 is 16.0 Å². The number of carboxylic acid groups (broad SMARTS) is 1. The van der Waals surface area contributed by atoms with Gasteiger partial charge < -0.3 is 14.8 Å². The SMILES string of the molecule is NNCCc1c[nH]c2ccc(OCC(=O)O)cc12. The fourth-order valence-electron chi connectivity index (χ4n) is 1.81. The van der Waals surface area contributed by atoms with Crippen LogP contribution in [0.1, 0.15) is 5.56 Å². The number of H-pyrrole nitrogens is 1. The number of carboxylic acids is 1. The molecule has 0 spiro atoms. The van der Waals surface area contributed by atoms with Crippen LogP contribution in [0.25, 0.3) is 10.9 Å². The molecule has 2 aromatic rings. The maximum Gasteiger partial charge on any atom is 0.341 e. The number of hydrazine groups is 1. The number of aromatic amines is 1. The van der Waals surface area contributed by atoms with Crippen molar-refractivity contribution in [2.75, 3.05) is 13.2 Å². The minimum atomic E-state index is -0.989. The normalized spacial score (nSPS) is 10.7. The van der Waals surface area contributed by atoms with E-state index in [0.29, 0.717) is 12.3 Å². The Bertz CT molecular complexity index is 550. The number of nitrogens with one attached hydrogen (secondary N) is 2. The van der Waals surface area contributed by atoms with Crippen LogP contribution in [-0.4, -0.2) is 29.2 Å². The average molecular weight is 249 g/mol. The third-order valence-corrected chi connectivity index (χ3v) is 2.64. The number of aromatic nitrogens is 1. The molecule has 0 amide bonds. The number of carbonyl (C=O) groups is 1. The van der Waals surface area contributed by atoms with E-state index in [2.05, 4.69) is 10.4 Å². The molecule has 96 valence electrons. The van der Waals surface area contributed by atoms with Gasteiger partial charge in [-0.1, -0.05) is 0 Å². The number of fused-ring (bicyclic) bond motifs is 1. The molecule has 1 aromatic heterocycles. The third kappa shape index (κ3) is 2.79. The molecule has 0 atom stereocenters. The van der Waals surface area contributed by atoms with Gasteiger partial charge in [-0.15, -0.1) is 0 Å². The summed E-state index contributed by atoms with van der Waals surface area (Å²) < 4.78 is 5.15. The van der Waals surface area contributed by atoms with Gasteiger partial charge in [0.1, 0.15) is 5.75 Å². The van der Waals surface area contributed by atoms with Crippen LogP contribution in [-0.2, 0) is 11.2 Å². The Morgan fingerprint density at radius 1 is 1.50 bits per heavy atom. The molecule has 5 N–H and O–H groups in total. The summed E-state index contributed by atoms with van der Waals surface area (Å²) in [4.78, 5) is 13.6. The third-order valence-electron chi connectivity index (χ3n) is 2.64. The van der Waals surface area contributed by atoms with E-state index < -0.39 is 5.97 Å². The van der Waals surface area contributed by atoms with Gasteiger partial charge >= 0.3 is 5.97 Å². The second-order valence-corrected chi connectivity index (χ2v) is 3.91. The number of hydrogen-bond donors (Lipinski definition) is 4. The van der Waals surface area contributed by atoms with Crippen molar-refractivity contribution in [1.29, 1.82) is 0 Å². The zero-order valence-electron chi connectivity index (χ0n) is 9.77. The Morgan fingerprint density at radius 3 is 3.06 bits per heavy atom. The zero-order valence-corrected chi connectivity index (χ0v) is 9.77. The minimum Gasteiger partial charge on any atom is -0.482 e. The van der Waals surface area contributed by atoms with E-state index in [4.69, 9.17) is 15.7 Å². The maximum absolute atomic E-state index is 10.4. The molecule has 18 heavy (non-hydrogen) atoms. The second kappa shape index (κ2) is 5.52. The highest BCUT2D eigenvalue weighted by atomic mass is 16.5. The first-order valence-electron chi connectivity index (χ1n) is 5.59. The van der Waals surface area contributed by atoms with Gasteiger partial charge in [0.15, 0.2) is 6.61 Å². The molecule has 1 heterocycles. The number of ether oxygens (including phenoxy) is 1. The molecule has 2 rings (SSSR count). The van der Waals surface area contributed by atoms with Crippen LogP contribution >= 0.6 is 0 Å². The van der Waals surface area contributed by atoms with Gasteiger partial charge in [-0.25, -0.2) is 4.79 Å². The van der Waals surface area contributed by atoms with Crippen LogP contribution in [0, 0.1) is 0 Å². The average Bonchev–Trinajstić information content (AvgIpc) is 2.76. The molecule has 6 nitrogen and oxygen atoms in total. The number of aliphatic carboxylic acids is 1. The summed E-state index contributed by atoms with van der Waals surface area (Å²) in [6, 6.07) is 5.44. The summed E-state index contributed by atoms with van der Waals surface area (Å²) in [5.41, 5.74) is 4.71. The molecule has 6 heteroatoms. The zero-order chi connectivity index (χ0) is 13.0. The van der Waals surface area contributed by atoms with Gasteiger partial charge in [-0.3, -0.25) is 11.3 Å². The topological polar surface area (TPSA) is 100 Å². The van der Waals surface area contributed by atoms with Crippen molar-refractivity contribution in [1.82, 2.24) is 10.4 Å². The lowest BCUT2D eigenvalue weighted by atomic mass is 10.1. The van der Waals surface area contributed by atoms with E-state index >= 15 is 0 Å². The van der Waals surface area contributed by atoms with Gasteiger partial charge in [-0.2, -0.15) is 0 Å². The Balaban J connectivity index is 2.21. The molecule has 0 fully saturated rings. The molecule has 0 radical (unpaired) electrons. The van der Waals surface area contributed by atoms with Crippen molar-refractivity contribution in [3.63, 3.8) is 0 Å². The molecule has 0 unspecified atom stereocenters. The summed E-state index contributed by atoms with van der Waals surface area (Å²) >= 11 is 0. The molecule has 0 aliphatic heterocycles. The van der Waals surface area contributed by atoms with Crippen LogP contribution in [0.5, 0.6) is 5.75 Å². The van der Waals surface area contributed by atoms with E-state index in [1.165, 1.54) is 0 Å². The lowest BCUT2D eigenvalue weighted by Gasteiger charge is -2.04. The number of benzene rings is 1. The highest BCUT2D eigenvalue weighted by Gasteiger charge is 2.06. The number of rotatable bonds is 6. The van der Waals surface area contributed by atoms with Crippen molar-refractivity contribution in [2.24, 2.45) is 5.84 Å². The van der Waals surface area contributed by atoms with Crippen molar-refractivity contribution >= 4 is 16.9 Å². The summed E-state index contributed by atoms with van der Waals surface area (Å²) in [7, 11) is 0. The first-order chi connectivity index (χ1) is 8.70. The molecular formula is C12H15N3O3. The number of hydrogen-bond acceptors (Lipinski definition) is 4. The summed E-state index contributed by atoms with van der Waals surface area (Å²) in [5, 5.41) is 9.59.